The molecule has 0 amide bonds. The normalized spacial score (nSPS) is 13.8. The van der Waals surface area contributed by atoms with Crippen molar-refractivity contribution in [2.45, 2.75) is 32.2 Å². The summed E-state index contributed by atoms with van der Waals surface area (Å²) in [6.45, 7) is 4.13. The molecule has 2 N–H and O–H groups in total. The molecule has 5 aromatic rings. The van der Waals surface area contributed by atoms with Gasteiger partial charge in [0.2, 0.25) is 5.95 Å². The Morgan fingerprint density at radius 2 is 1.57 bits per heavy atom. The fraction of sp³-hybridized carbons (Fsp3) is 0.364. The van der Waals surface area contributed by atoms with E-state index < -0.39 is 0 Å². The molecule has 6 rings (SSSR count). The molecule has 0 radical (unpaired) electrons. The van der Waals surface area contributed by atoms with Crippen molar-refractivity contribution in [1.82, 2.24) is 19.5 Å². The molecule has 11 nitrogen and oxygen atoms in total. The minimum atomic E-state index is -0.0608. The van der Waals surface area contributed by atoms with Crippen molar-refractivity contribution in [1.29, 1.82) is 0 Å². The number of aryl methyl sites for hydroxylation is 1. The maximum atomic E-state index is 12.9. The van der Waals surface area contributed by atoms with Crippen LogP contribution in [0.3, 0.4) is 0 Å². The number of imidazole rings is 1. The summed E-state index contributed by atoms with van der Waals surface area (Å²) < 4.78 is 23.9. The van der Waals surface area contributed by atoms with E-state index in [2.05, 4.69) is 21.3 Å². The Bertz CT molecular complexity index is 1860. The van der Waals surface area contributed by atoms with Gasteiger partial charge in [0.05, 0.1) is 45.0 Å². The third-order valence-corrected chi connectivity index (χ3v) is 8.33. The molecule has 1 fully saturated rings. The van der Waals surface area contributed by atoms with E-state index in [1.54, 1.807) is 28.4 Å². The lowest BCUT2D eigenvalue weighted by atomic mass is 10.0. The number of rotatable bonds is 10. The van der Waals surface area contributed by atoms with Gasteiger partial charge in [-0.2, -0.15) is 4.98 Å². The summed E-state index contributed by atoms with van der Waals surface area (Å²) in [7, 11) is 6.51. The Labute approximate surface area is 255 Å². The van der Waals surface area contributed by atoms with Crippen LogP contribution < -0.4 is 34.9 Å². The minimum absolute atomic E-state index is 0.0608. The van der Waals surface area contributed by atoms with E-state index >= 15 is 0 Å². The predicted octanol–water partition coefficient (Wildman–Crippen LogP) is 5.11. The van der Waals surface area contributed by atoms with Crippen LogP contribution in [0, 0.1) is 6.92 Å². The summed E-state index contributed by atoms with van der Waals surface area (Å²) in [6.07, 6.45) is 2.36. The van der Waals surface area contributed by atoms with Crippen LogP contribution in [0.2, 0.25) is 0 Å². The maximum Gasteiger partial charge on any atom is 0.326 e. The van der Waals surface area contributed by atoms with Crippen LogP contribution >= 0.6 is 0 Å². The van der Waals surface area contributed by atoms with Crippen LogP contribution in [0.1, 0.15) is 30.0 Å². The highest BCUT2D eigenvalue weighted by Crippen LogP contribution is 2.37. The molecule has 0 bridgehead atoms. The SMILES string of the molecule is COc1ccc(CCNc2nc(N3CCC(n4c(=O)[nH]c5cc(C)ccc54)CC3)c3cc(OC)c(OC)cc3n2)cc1OC. The van der Waals surface area contributed by atoms with Crippen LogP contribution in [0.25, 0.3) is 21.9 Å². The Kier molecular flexibility index (Phi) is 8.19. The number of aromatic nitrogens is 4. The summed E-state index contributed by atoms with van der Waals surface area (Å²) in [4.78, 5) is 28.1. The van der Waals surface area contributed by atoms with Crippen molar-refractivity contribution < 1.29 is 18.9 Å². The molecule has 3 heterocycles. The van der Waals surface area contributed by atoms with Gasteiger partial charge in [0.15, 0.2) is 23.0 Å². The summed E-state index contributed by atoms with van der Waals surface area (Å²) >= 11 is 0. The van der Waals surface area contributed by atoms with Gasteiger partial charge < -0.3 is 34.1 Å². The average Bonchev–Trinajstić information content (AvgIpc) is 3.38. The number of fused-ring (bicyclic) bond motifs is 2. The zero-order chi connectivity index (χ0) is 30.8. The average molecular weight is 599 g/mol. The van der Waals surface area contributed by atoms with E-state index in [0.29, 0.717) is 35.5 Å². The lowest BCUT2D eigenvalue weighted by molar-refractivity contribution is 0.354. The maximum absolute atomic E-state index is 12.9. The molecule has 11 heteroatoms. The standard InChI is InChI=1S/C33H38N6O5/c1-20-6-8-26-25(16-20)36-33(40)39(26)22-11-14-38(15-12-22)31-23-18-29(43-4)30(44-5)19-24(23)35-32(37-31)34-13-10-21-7-9-27(41-2)28(17-21)42-3/h6-9,16-19,22H,10-15H2,1-5H3,(H,36,40)(H,34,35,37). The molecular formula is C33H38N6O5. The number of H-pyrrole nitrogens is 1. The molecule has 2 aromatic heterocycles. The molecule has 1 aliphatic rings. The highest BCUT2D eigenvalue weighted by atomic mass is 16.5. The largest absolute Gasteiger partial charge is 0.493 e. The number of nitrogens with zero attached hydrogens (tertiary/aromatic N) is 4. The monoisotopic (exact) mass is 598 g/mol. The molecule has 230 valence electrons. The predicted molar refractivity (Wildman–Crippen MR) is 172 cm³/mol. The molecular weight excluding hydrogens is 560 g/mol. The van der Waals surface area contributed by atoms with Crippen LogP contribution in [0.5, 0.6) is 23.0 Å². The molecule has 3 aromatic carbocycles. The Balaban J connectivity index is 1.26. The molecule has 1 saturated heterocycles. The molecule has 0 saturated carbocycles. The topological polar surface area (TPSA) is 116 Å². The first-order valence-electron chi connectivity index (χ1n) is 14.8. The zero-order valence-corrected chi connectivity index (χ0v) is 25.8. The summed E-state index contributed by atoms with van der Waals surface area (Å²) in [5.41, 5.74) is 4.75. The summed E-state index contributed by atoms with van der Waals surface area (Å²) in [6, 6.07) is 15.9. The van der Waals surface area contributed by atoms with Crippen LogP contribution in [0.15, 0.2) is 53.3 Å². The smallest absolute Gasteiger partial charge is 0.326 e. The van der Waals surface area contributed by atoms with Gasteiger partial charge in [-0.25, -0.2) is 9.78 Å². The number of hydrogen-bond acceptors (Lipinski definition) is 9. The number of piperidine rings is 1. The van der Waals surface area contributed by atoms with Gasteiger partial charge in [0.1, 0.15) is 5.82 Å². The van der Waals surface area contributed by atoms with E-state index in [1.165, 1.54) is 0 Å². The molecule has 0 unspecified atom stereocenters. The summed E-state index contributed by atoms with van der Waals surface area (Å²) in [5, 5.41) is 4.30. The number of ether oxygens (including phenoxy) is 4. The van der Waals surface area contributed by atoms with Gasteiger partial charge in [-0.3, -0.25) is 4.57 Å². The van der Waals surface area contributed by atoms with E-state index in [9.17, 15) is 4.79 Å². The first-order chi connectivity index (χ1) is 21.4. The van der Waals surface area contributed by atoms with Gasteiger partial charge in [0, 0.05) is 37.1 Å². The van der Waals surface area contributed by atoms with Crippen LogP contribution in [-0.4, -0.2) is 67.6 Å². The quantitative estimate of drug-likeness (QED) is 0.226. The number of aromatic amines is 1. The van der Waals surface area contributed by atoms with E-state index in [1.807, 2.05) is 54.0 Å². The third kappa shape index (κ3) is 5.57. The van der Waals surface area contributed by atoms with Crippen molar-refractivity contribution in [2.24, 2.45) is 0 Å². The fourth-order valence-electron chi connectivity index (χ4n) is 6.06. The molecule has 44 heavy (non-hydrogen) atoms. The second kappa shape index (κ2) is 12.4. The zero-order valence-electron chi connectivity index (χ0n) is 25.8. The van der Waals surface area contributed by atoms with E-state index in [-0.39, 0.29) is 11.7 Å². The van der Waals surface area contributed by atoms with Crippen LogP contribution in [0.4, 0.5) is 11.8 Å². The number of benzene rings is 3. The third-order valence-electron chi connectivity index (χ3n) is 8.33. The van der Waals surface area contributed by atoms with Crippen molar-refractivity contribution >= 4 is 33.7 Å². The van der Waals surface area contributed by atoms with Crippen molar-refractivity contribution in [3.8, 4) is 23.0 Å². The lowest BCUT2D eigenvalue weighted by Crippen LogP contribution is -2.37. The highest BCUT2D eigenvalue weighted by molar-refractivity contribution is 5.93. The second-order valence-corrected chi connectivity index (χ2v) is 11.0. The first-order valence-corrected chi connectivity index (χ1v) is 14.8. The van der Waals surface area contributed by atoms with Crippen molar-refractivity contribution in [3.05, 3.63) is 70.1 Å². The van der Waals surface area contributed by atoms with Gasteiger partial charge in [-0.1, -0.05) is 12.1 Å². The highest BCUT2D eigenvalue weighted by Gasteiger charge is 2.26. The van der Waals surface area contributed by atoms with Gasteiger partial charge in [-0.15, -0.1) is 0 Å². The number of anilines is 2. The van der Waals surface area contributed by atoms with E-state index in [0.717, 1.165) is 71.2 Å². The van der Waals surface area contributed by atoms with Gasteiger partial charge in [-0.05, 0) is 67.6 Å². The Morgan fingerprint density at radius 3 is 2.30 bits per heavy atom. The minimum Gasteiger partial charge on any atom is -0.493 e. The van der Waals surface area contributed by atoms with E-state index in [4.69, 9.17) is 28.9 Å². The summed E-state index contributed by atoms with van der Waals surface area (Å²) in [5.74, 6) is 3.98. The first kappa shape index (κ1) is 29.2. The Hall–Kier alpha value is -4.93. The Morgan fingerprint density at radius 1 is 0.864 bits per heavy atom. The number of nitrogens with one attached hydrogen (secondary N) is 2. The molecule has 1 aliphatic heterocycles. The van der Waals surface area contributed by atoms with Crippen molar-refractivity contribution in [2.75, 3.05) is 58.3 Å². The lowest BCUT2D eigenvalue weighted by Gasteiger charge is -2.34. The van der Waals surface area contributed by atoms with Gasteiger partial charge >= 0.3 is 5.69 Å². The molecule has 0 spiro atoms. The second-order valence-electron chi connectivity index (χ2n) is 11.0. The fourth-order valence-corrected chi connectivity index (χ4v) is 6.06. The number of methoxy groups -OCH3 is 4. The van der Waals surface area contributed by atoms with Crippen LogP contribution in [-0.2, 0) is 6.42 Å². The van der Waals surface area contributed by atoms with Gasteiger partial charge in [0.25, 0.3) is 0 Å². The molecule has 0 atom stereocenters. The molecule has 0 aliphatic carbocycles. The van der Waals surface area contributed by atoms with Crippen molar-refractivity contribution in [3.63, 3.8) is 0 Å². The number of hydrogen-bond donors (Lipinski definition) is 2.